The summed E-state index contributed by atoms with van der Waals surface area (Å²) in [6.45, 7) is 4.72. The molecule has 18 N–H and O–H groups in total. The standard InChI is InChI=1S/C65H126N10O12S.C2HF3O2.CH4/c1-3-5-7-9-11-13-15-17-19-21-23-25-27-41-58(77)86-48-51(87-59(78)42-28-26-24-22-20-18-16-14-12-10-8-6-4-2)49-88-50-52(70)60(79)75-57(47-76)64(83)73-54(38-30-34-44-67)62(81)71-53(37-29-33-43-66)61(80)72-55(39-31-35-45-68)63(82)74-56(65(84)85)40-32-36-46-69;3-2(4,5)1(6)7;/h51-57,76H,3-50,66-70H2,1-2H3,(H,71,81)(H,72,80)(H,73,83)(H,74,82)(H,75,79)(H,84,85);(H,6,7);1H4/t51-,52+,53+,54+,55+,56+,57+;;/m1../s1. The first kappa shape index (κ1) is 95.3. The van der Waals surface area contributed by atoms with Gasteiger partial charge in [0.15, 0.2) is 0 Å². The molecule has 0 fully saturated rings. The Balaban J connectivity index is -0.0000102. The molecule has 0 spiro atoms. The number of carbonyl (C=O) groups is 9. The summed E-state index contributed by atoms with van der Waals surface area (Å²) < 4.78 is 43.2. The van der Waals surface area contributed by atoms with Crippen LogP contribution in [-0.4, -0.2) is 168 Å². The second-order valence-electron chi connectivity index (χ2n) is 24.7. The molecule has 0 aliphatic heterocycles. The van der Waals surface area contributed by atoms with Crippen LogP contribution in [0.3, 0.4) is 0 Å². The van der Waals surface area contributed by atoms with Gasteiger partial charge in [-0.05, 0) is 116 Å². The van der Waals surface area contributed by atoms with E-state index in [9.17, 15) is 61.7 Å². The van der Waals surface area contributed by atoms with Crippen LogP contribution in [0.25, 0.3) is 0 Å². The normalized spacial score (nSPS) is 13.4. The zero-order valence-electron chi connectivity index (χ0n) is 57.7. The quantitative estimate of drug-likeness (QED) is 0.0200. The number of carboxylic acids is 2. The van der Waals surface area contributed by atoms with Gasteiger partial charge in [0.2, 0.25) is 29.5 Å². The minimum Gasteiger partial charge on any atom is -0.480 e. The number of halogens is 3. The number of unbranched alkanes of at least 4 members (excludes halogenated alkanes) is 28. The molecule has 96 heavy (non-hydrogen) atoms. The van der Waals surface area contributed by atoms with E-state index in [1.165, 1.54) is 127 Å². The molecule has 24 nitrogen and oxygen atoms in total. The number of rotatable bonds is 63. The molecule has 5 amide bonds. The van der Waals surface area contributed by atoms with Crippen molar-refractivity contribution in [2.24, 2.45) is 28.7 Å². The molecule has 0 rings (SSSR count). The van der Waals surface area contributed by atoms with Gasteiger partial charge in [-0.15, -0.1) is 0 Å². The van der Waals surface area contributed by atoms with Crippen molar-refractivity contribution < 1.29 is 81.1 Å². The van der Waals surface area contributed by atoms with E-state index in [0.29, 0.717) is 83.8 Å². The van der Waals surface area contributed by atoms with Crippen molar-refractivity contribution in [2.45, 2.75) is 327 Å². The first-order valence-corrected chi connectivity index (χ1v) is 36.9. The van der Waals surface area contributed by atoms with Crippen molar-refractivity contribution in [2.75, 3.05) is 50.9 Å². The summed E-state index contributed by atoms with van der Waals surface area (Å²) in [5, 5.41) is 40.4. The molecule has 7 atom stereocenters. The lowest BCUT2D eigenvalue weighted by atomic mass is 10.0. The molecule has 0 aromatic carbocycles. The Morgan fingerprint density at radius 3 is 1.02 bits per heavy atom. The zero-order chi connectivity index (χ0) is 71.3. The van der Waals surface area contributed by atoms with Gasteiger partial charge in [-0.25, -0.2) is 9.59 Å². The van der Waals surface area contributed by atoms with Gasteiger partial charge in [0.05, 0.1) is 12.6 Å². The van der Waals surface area contributed by atoms with Crippen molar-refractivity contribution in [3.63, 3.8) is 0 Å². The second-order valence-corrected chi connectivity index (χ2v) is 25.8. The molecule has 564 valence electrons. The van der Waals surface area contributed by atoms with Crippen LogP contribution in [0.5, 0.6) is 0 Å². The fourth-order valence-corrected chi connectivity index (χ4v) is 11.2. The third-order valence-electron chi connectivity index (χ3n) is 16.0. The SMILES string of the molecule is C.CCCCCCCCCCCCCCCC(=O)OC[C@H](CSC[C@H](N)C(=O)N[C@@H](CO)C(=O)N[C@@H](CCCCN)C(=O)N[C@@H](CCCCN)C(=O)N[C@@H](CCCCN)C(=O)N[C@@H](CCCCN)C(=O)O)OC(=O)CCCCCCCCCCCCCCC.O=C(O)C(F)(F)F. The van der Waals surface area contributed by atoms with Crippen molar-refractivity contribution >= 4 is 65.2 Å². The number of ether oxygens (including phenoxy) is 2. The molecular weight excluding hydrogens is 1270 g/mol. The lowest BCUT2D eigenvalue weighted by Gasteiger charge is -2.27. The monoisotopic (exact) mass is 1400 g/mol. The summed E-state index contributed by atoms with van der Waals surface area (Å²) in [4.78, 5) is 116. The van der Waals surface area contributed by atoms with Crippen molar-refractivity contribution in [3.8, 4) is 0 Å². The van der Waals surface area contributed by atoms with E-state index in [1.54, 1.807) is 0 Å². The highest BCUT2D eigenvalue weighted by Gasteiger charge is 2.38. The van der Waals surface area contributed by atoms with E-state index in [1.807, 2.05) is 0 Å². The van der Waals surface area contributed by atoms with Crippen molar-refractivity contribution in [1.82, 2.24) is 26.6 Å². The molecule has 0 aliphatic rings. The number of aliphatic hydroxyl groups excluding tert-OH is 1. The number of aliphatic carboxylic acids is 2. The zero-order valence-corrected chi connectivity index (χ0v) is 58.6. The maximum atomic E-state index is 14.1. The highest BCUT2D eigenvalue weighted by Crippen LogP contribution is 2.18. The fourth-order valence-electron chi connectivity index (χ4n) is 10.2. The van der Waals surface area contributed by atoms with E-state index in [4.69, 9.17) is 48.0 Å². The summed E-state index contributed by atoms with van der Waals surface area (Å²) in [7, 11) is 0. The molecule has 0 radical (unpaired) electrons. The second kappa shape index (κ2) is 64.8. The van der Waals surface area contributed by atoms with Gasteiger partial charge in [-0.3, -0.25) is 33.6 Å². The minimum atomic E-state index is -5.08. The molecule has 0 bridgehead atoms. The maximum Gasteiger partial charge on any atom is 0.490 e. The van der Waals surface area contributed by atoms with Crippen LogP contribution in [0, 0.1) is 0 Å². The first-order chi connectivity index (χ1) is 45.6. The highest BCUT2D eigenvalue weighted by atomic mass is 32.2. The fraction of sp³-hybridized carbons (Fsp3) is 0.868. The Labute approximate surface area is 576 Å². The molecule has 0 heterocycles. The number of aliphatic hydroxyl groups is 1. The molecular formula is C68H131F3N10O14S. The van der Waals surface area contributed by atoms with E-state index in [-0.39, 0.29) is 76.6 Å². The number of hydrogen-bond acceptors (Lipinski definition) is 18. The molecule has 0 aromatic heterocycles. The van der Waals surface area contributed by atoms with Gasteiger partial charge in [-0.2, -0.15) is 24.9 Å². The lowest BCUT2D eigenvalue weighted by Crippen LogP contribution is -2.59. The number of thioether (sulfide) groups is 1. The van der Waals surface area contributed by atoms with E-state index in [2.05, 4.69) is 40.4 Å². The third-order valence-corrected chi connectivity index (χ3v) is 17.2. The predicted molar refractivity (Wildman–Crippen MR) is 373 cm³/mol. The Bertz CT molecular complexity index is 2030. The van der Waals surface area contributed by atoms with Crippen LogP contribution in [0.1, 0.15) is 278 Å². The van der Waals surface area contributed by atoms with Crippen LogP contribution in [0.2, 0.25) is 0 Å². The van der Waals surface area contributed by atoms with Crippen LogP contribution in [0.15, 0.2) is 0 Å². The summed E-state index contributed by atoms with van der Waals surface area (Å²) in [5.41, 5.74) is 29.1. The largest absolute Gasteiger partial charge is 0.490 e. The van der Waals surface area contributed by atoms with E-state index < -0.39 is 103 Å². The Kier molecular flexibility index (Phi) is 64.3. The van der Waals surface area contributed by atoms with E-state index >= 15 is 0 Å². The number of nitrogens with two attached hydrogens (primary N) is 5. The number of nitrogens with one attached hydrogen (secondary N) is 5. The number of esters is 2. The van der Waals surface area contributed by atoms with Crippen LogP contribution >= 0.6 is 11.8 Å². The van der Waals surface area contributed by atoms with Gasteiger partial charge >= 0.3 is 30.1 Å². The smallest absolute Gasteiger partial charge is 0.480 e. The Morgan fingerprint density at radius 1 is 0.417 bits per heavy atom. The molecule has 0 unspecified atom stereocenters. The molecule has 0 saturated heterocycles. The molecule has 28 heteroatoms. The highest BCUT2D eigenvalue weighted by molar-refractivity contribution is 7.99. The van der Waals surface area contributed by atoms with Gasteiger partial charge in [0, 0.05) is 24.3 Å². The Hall–Kier alpha value is -4.87. The van der Waals surface area contributed by atoms with Crippen LogP contribution in [-0.2, 0) is 52.6 Å². The topological polar surface area (TPSA) is 423 Å². The number of carbonyl (C=O) groups excluding carboxylic acids is 7. The molecule has 0 saturated carbocycles. The third kappa shape index (κ3) is 55.1. The summed E-state index contributed by atoms with van der Waals surface area (Å²) in [6.07, 6.45) is 29.5. The maximum absolute atomic E-state index is 14.1. The van der Waals surface area contributed by atoms with Crippen molar-refractivity contribution in [1.29, 1.82) is 0 Å². The average Bonchev–Trinajstić information content (AvgIpc) is 0.911. The minimum absolute atomic E-state index is 0. The molecule has 0 aliphatic carbocycles. The first-order valence-electron chi connectivity index (χ1n) is 35.7. The van der Waals surface area contributed by atoms with Gasteiger partial charge in [0.1, 0.15) is 42.9 Å². The Morgan fingerprint density at radius 2 is 0.708 bits per heavy atom. The molecule has 0 aromatic rings. The summed E-state index contributed by atoms with van der Waals surface area (Å²) >= 11 is 1.20. The van der Waals surface area contributed by atoms with E-state index in [0.717, 1.165) is 38.5 Å². The number of amides is 5. The van der Waals surface area contributed by atoms with Crippen LogP contribution in [0.4, 0.5) is 13.2 Å². The van der Waals surface area contributed by atoms with Gasteiger partial charge in [0.25, 0.3) is 0 Å². The number of alkyl halides is 3. The number of hydrogen-bond donors (Lipinski definition) is 13. The summed E-state index contributed by atoms with van der Waals surface area (Å²) in [6, 6.07) is -7.60. The average molecular weight is 1400 g/mol. The predicted octanol–water partition coefficient (Wildman–Crippen LogP) is 8.75. The van der Waals surface area contributed by atoms with Gasteiger partial charge in [-0.1, -0.05) is 175 Å². The number of carboxylic acid groups (broad SMARTS) is 2. The van der Waals surface area contributed by atoms with Gasteiger partial charge < -0.3 is 80.0 Å². The van der Waals surface area contributed by atoms with Crippen LogP contribution < -0.4 is 55.3 Å². The summed E-state index contributed by atoms with van der Waals surface area (Å²) in [5.74, 6) is -8.46. The lowest BCUT2D eigenvalue weighted by molar-refractivity contribution is -0.192. The van der Waals surface area contributed by atoms with Crippen molar-refractivity contribution in [3.05, 3.63) is 0 Å².